The van der Waals surface area contributed by atoms with Crippen LogP contribution in [0.3, 0.4) is 0 Å². The lowest BCUT2D eigenvalue weighted by atomic mass is 10.2. The van der Waals surface area contributed by atoms with Crippen LogP contribution in [0.2, 0.25) is 0 Å². The van der Waals surface area contributed by atoms with Gasteiger partial charge in [0.1, 0.15) is 0 Å². The summed E-state index contributed by atoms with van der Waals surface area (Å²) in [6, 6.07) is 3.78. The third-order valence-electron chi connectivity index (χ3n) is 3.92. The highest BCUT2D eigenvalue weighted by Gasteiger charge is 2.34. The molecule has 2 atom stereocenters. The van der Waals surface area contributed by atoms with Crippen molar-refractivity contribution in [1.29, 1.82) is 0 Å². The zero-order valence-electron chi connectivity index (χ0n) is 11.4. The van der Waals surface area contributed by atoms with Gasteiger partial charge in [-0.2, -0.15) is 0 Å². The van der Waals surface area contributed by atoms with Crippen LogP contribution in [0.5, 0.6) is 11.5 Å². The van der Waals surface area contributed by atoms with Gasteiger partial charge in [-0.1, -0.05) is 0 Å². The van der Waals surface area contributed by atoms with Crippen molar-refractivity contribution in [2.45, 2.75) is 25.0 Å². The highest BCUT2D eigenvalue weighted by Crippen LogP contribution is 2.39. The number of hydrogen-bond donors (Lipinski definition) is 1. The SMILES string of the molecule is COc1cc(N)c(N2CC3CCC(C2)O3)cc1OC. The number of nitrogen functional groups attached to an aromatic ring is 1. The first kappa shape index (κ1) is 12.4. The van der Waals surface area contributed by atoms with Crippen LogP contribution in [0, 0.1) is 0 Å². The molecule has 0 amide bonds. The van der Waals surface area contributed by atoms with Crippen LogP contribution in [-0.4, -0.2) is 39.5 Å². The Morgan fingerprint density at radius 3 is 2.26 bits per heavy atom. The molecule has 0 spiro atoms. The lowest BCUT2D eigenvalue weighted by Crippen LogP contribution is -2.42. The number of rotatable bonds is 3. The second-order valence-electron chi connectivity index (χ2n) is 5.13. The van der Waals surface area contributed by atoms with Gasteiger partial charge < -0.3 is 24.8 Å². The zero-order valence-corrected chi connectivity index (χ0v) is 11.4. The number of anilines is 2. The Bertz CT molecular complexity index is 466. The van der Waals surface area contributed by atoms with Crippen molar-refractivity contribution >= 4 is 11.4 Å². The minimum absolute atomic E-state index is 0.339. The van der Waals surface area contributed by atoms with E-state index in [-0.39, 0.29) is 0 Å². The Hall–Kier alpha value is -1.62. The molecule has 2 heterocycles. The molecule has 2 fully saturated rings. The molecule has 5 nitrogen and oxygen atoms in total. The Morgan fingerprint density at radius 2 is 1.68 bits per heavy atom. The Labute approximate surface area is 113 Å². The fourth-order valence-electron chi connectivity index (χ4n) is 2.97. The summed E-state index contributed by atoms with van der Waals surface area (Å²) in [5.41, 5.74) is 7.88. The van der Waals surface area contributed by atoms with Crippen molar-refractivity contribution in [2.24, 2.45) is 0 Å². The maximum absolute atomic E-state index is 6.14. The number of morpholine rings is 1. The number of hydrogen-bond acceptors (Lipinski definition) is 5. The van der Waals surface area contributed by atoms with Crippen LogP contribution in [-0.2, 0) is 4.74 Å². The summed E-state index contributed by atoms with van der Waals surface area (Å²) in [6.45, 7) is 1.80. The molecular weight excluding hydrogens is 244 g/mol. The minimum Gasteiger partial charge on any atom is -0.493 e. The van der Waals surface area contributed by atoms with Crippen molar-refractivity contribution in [3.05, 3.63) is 12.1 Å². The highest BCUT2D eigenvalue weighted by molar-refractivity contribution is 5.73. The molecule has 2 aliphatic rings. The van der Waals surface area contributed by atoms with Crippen LogP contribution < -0.4 is 20.1 Å². The van der Waals surface area contributed by atoms with Crippen molar-refractivity contribution < 1.29 is 14.2 Å². The smallest absolute Gasteiger partial charge is 0.162 e. The van der Waals surface area contributed by atoms with Gasteiger partial charge in [-0.3, -0.25) is 0 Å². The molecule has 2 unspecified atom stereocenters. The molecule has 2 aliphatic heterocycles. The fourth-order valence-corrected chi connectivity index (χ4v) is 2.97. The van der Waals surface area contributed by atoms with Gasteiger partial charge in [0.05, 0.1) is 37.8 Å². The molecule has 3 rings (SSSR count). The van der Waals surface area contributed by atoms with E-state index in [1.165, 1.54) is 0 Å². The van der Waals surface area contributed by atoms with Gasteiger partial charge in [0, 0.05) is 25.2 Å². The van der Waals surface area contributed by atoms with Crippen LogP contribution in [0.25, 0.3) is 0 Å². The van der Waals surface area contributed by atoms with Gasteiger partial charge in [0.15, 0.2) is 11.5 Å². The lowest BCUT2D eigenvalue weighted by molar-refractivity contribution is 0.0305. The summed E-state index contributed by atoms with van der Waals surface area (Å²) >= 11 is 0. The third kappa shape index (κ3) is 2.18. The summed E-state index contributed by atoms with van der Waals surface area (Å²) in [6.07, 6.45) is 2.97. The quantitative estimate of drug-likeness (QED) is 0.841. The topological polar surface area (TPSA) is 57.0 Å². The van der Waals surface area contributed by atoms with Crippen LogP contribution in [0.4, 0.5) is 11.4 Å². The molecule has 5 heteroatoms. The zero-order chi connectivity index (χ0) is 13.4. The number of benzene rings is 1. The van der Waals surface area contributed by atoms with E-state index in [0.717, 1.165) is 37.3 Å². The molecule has 2 N–H and O–H groups in total. The molecule has 19 heavy (non-hydrogen) atoms. The standard InChI is InChI=1S/C14H20N2O3/c1-17-13-5-11(15)12(6-14(13)18-2)16-7-9-3-4-10(8-16)19-9/h5-6,9-10H,3-4,7-8,15H2,1-2H3. The monoisotopic (exact) mass is 264 g/mol. The molecule has 0 aliphatic carbocycles. The van der Waals surface area contributed by atoms with E-state index < -0.39 is 0 Å². The van der Waals surface area contributed by atoms with E-state index in [9.17, 15) is 0 Å². The van der Waals surface area contributed by atoms with Gasteiger partial charge >= 0.3 is 0 Å². The number of nitrogens with zero attached hydrogens (tertiary/aromatic N) is 1. The average molecular weight is 264 g/mol. The minimum atomic E-state index is 0.339. The van der Waals surface area contributed by atoms with Crippen molar-refractivity contribution in [2.75, 3.05) is 37.9 Å². The van der Waals surface area contributed by atoms with Gasteiger partial charge in [0.25, 0.3) is 0 Å². The highest BCUT2D eigenvalue weighted by atomic mass is 16.5. The largest absolute Gasteiger partial charge is 0.493 e. The second kappa shape index (κ2) is 4.81. The maximum Gasteiger partial charge on any atom is 0.162 e. The van der Waals surface area contributed by atoms with E-state index in [4.69, 9.17) is 19.9 Å². The van der Waals surface area contributed by atoms with Gasteiger partial charge in [-0.05, 0) is 12.8 Å². The molecule has 0 aromatic heterocycles. The molecule has 0 saturated carbocycles. The predicted molar refractivity (Wildman–Crippen MR) is 74.1 cm³/mol. The summed E-state index contributed by atoms with van der Waals surface area (Å²) in [4.78, 5) is 2.29. The molecule has 0 radical (unpaired) electrons. The van der Waals surface area contributed by atoms with Gasteiger partial charge in [-0.15, -0.1) is 0 Å². The Balaban J connectivity index is 1.91. The van der Waals surface area contributed by atoms with Gasteiger partial charge in [0.2, 0.25) is 0 Å². The normalized spacial score (nSPS) is 25.5. The van der Waals surface area contributed by atoms with Crippen molar-refractivity contribution in [3.8, 4) is 11.5 Å². The Kier molecular flexibility index (Phi) is 3.14. The average Bonchev–Trinajstić information content (AvgIpc) is 2.77. The van der Waals surface area contributed by atoms with Crippen LogP contribution >= 0.6 is 0 Å². The lowest BCUT2D eigenvalue weighted by Gasteiger charge is -2.34. The summed E-state index contributed by atoms with van der Waals surface area (Å²) in [7, 11) is 3.26. The van der Waals surface area contributed by atoms with Crippen molar-refractivity contribution in [3.63, 3.8) is 0 Å². The second-order valence-corrected chi connectivity index (χ2v) is 5.13. The Morgan fingerprint density at radius 1 is 1.11 bits per heavy atom. The summed E-state index contributed by atoms with van der Waals surface area (Å²) in [5, 5.41) is 0. The molecule has 104 valence electrons. The van der Waals surface area contributed by atoms with Gasteiger partial charge in [-0.25, -0.2) is 0 Å². The third-order valence-corrected chi connectivity index (χ3v) is 3.92. The van der Waals surface area contributed by atoms with E-state index in [0.29, 0.717) is 23.7 Å². The van der Waals surface area contributed by atoms with E-state index in [1.54, 1.807) is 14.2 Å². The van der Waals surface area contributed by atoms with Crippen LogP contribution in [0.15, 0.2) is 12.1 Å². The summed E-state index contributed by atoms with van der Waals surface area (Å²) < 4.78 is 16.5. The number of nitrogens with two attached hydrogens (primary N) is 1. The van der Waals surface area contributed by atoms with Crippen molar-refractivity contribution in [1.82, 2.24) is 0 Å². The number of fused-ring (bicyclic) bond motifs is 2. The number of methoxy groups -OCH3 is 2. The summed E-state index contributed by atoms with van der Waals surface area (Å²) in [5.74, 6) is 1.38. The fraction of sp³-hybridized carbons (Fsp3) is 0.571. The first-order chi connectivity index (χ1) is 9.21. The molecule has 2 bridgehead atoms. The molecule has 2 saturated heterocycles. The first-order valence-electron chi connectivity index (χ1n) is 6.63. The van der Waals surface area contributed by atoms with Crippen LogP contribution in [0.1, 0.15) is 12.8 Å². The van der Waals surface area contributed by atoms with E-state index >= 15 is 0 Å². The number of ether oxygens (including phenoxy) is 3. The van der Waals surface area contributed by atoms with E-state index in [1.807, 2.05) is 12.1 Å². The molecule has 1 aromatic rings. The molecule has 1 aromatic carbocycles. The predicted octanol–water partition coefficient (Wildman–Crippen LogP) is 1.65. The first-order valence-corrected chi connectivity index (χ1v) is 6.63. The molecular formula is C14H20N2O3. The maximum atomic E-state index is 6.14. The van der Waals surface area contributed by atoms with E-state index in [2.05, 4.69) is 4.90 Å².